The van der Waals surface area contributed by atoms with Crippen molar-refractivity contribution in [3.05, 3.63) is 52.5 Å². The fourth-order valence-electron chi connectivity index (χ4n) is 1.81. The highest BCUT2D eigenvalue weighted by atomic mass is 35.5. The number of rotatable bonds is 4. The number of nitrogens with one attached hydrogen (secondary N) is 1. The van der Waals surface area contributed by atoms with Gasteiger partial charge in [0.1, 0.15) is 5.75 Å². The van der Waals surface area contributed by atoms with Gasteiger partial charge < -0.3 is 4.74 Å². The van der Waals surface area contributed by atoms with Gasteiger partial charge in [-0.1, -0.05) is 46.7 Å². The number of fused-ring (bicyclic) bond motifs is 1. The maximum absolute atomic E-state index is 11.9. The molecule has 0 aliphatic rings. The number of amides is 1. The summed E-state index contributed by atoms with van der Waals surface area (Å²) in [5.74, 6) is 0.167. The molecule has 0 saturated heterocycles. The summed E-state index contributed by atoms with van der Waals surface area (Å²) in [7, 11) is 0. The van der Waals surface area contributed by atoms with Gasteiger partial charge in [0.2, 0.25) is 0 Å². The van der Waals surface area contributed by atoms with E-state index in [1.54, 1.807) is 30.3 Å². The van der Waals surface area contributed by atoms with E-state index in [0.29, 0.717) is 20.9 Å². The Morgan fingerprint density at radius 2 is 2.05 bits per heavy atom. The number of carbonyl (C=O) groups excluding carboxylic acids is 1. The summed E-state index contributed by atoms with van der Waals surface area (Å²) in [6, 6.07) is 12.4. The van der Waals surface area contributed by atoms with Gasteiger partial charge in [-0.05, 0) is 30.3 Å². The molecule has 1 heterocycles. The Bertz CT molecular complexity index is 835. The Labute approximate surface area is 140 Å². The van der Waals surface area contributed by atoms with Gasteiger partial charge in [-0.3, -0.25) is 10.1 Å². The number of hydrogen-bond acceptors (Lipinski definition) is 4. The lowest BCUT2D eigenvalue weighted by Crippen LogP contribution is -2.20. The second-order valence-corrected chi connectivity index (χ2v) is 6.27. The molecule has 1 aromatic heterocycles. The molecule has 0 fully saturated rings. The first-order valence-electron chi connectivity index (χ1n) is 6.35. The molecule has 1 amide bonds. The standard InChI is InChI=1S/C15H10Cl2N2O2S/c16-9-5-6-11-13(7-9)22-15(18-11)19-14(20)8-21-12-4-2-1-3-10(12)17/h1-7H,8H2,(H,18,19,20). The second kappa shape index (κ2) is 6.52. The number of ether oxygens (including phenoxy) is 1. The van der Waals surface area contributed by atoms with Crippen molar-refractivity contribution in [3.63, 3.8) is 0 Å². The summed E-state index contributed by atoms with van der Waals surface area (Å²) in [6.07, 6.45) is 0. The minimum absolute atomic E-state index is 0.138. The number of anilines is 1. The van der Waals surface area contributed by atoms with Crippen molar-refractivity contribution < 1.29 is 9.53 Å². The van der Waals surface area contributed by atoms with Crippen molar-refractivity contribution in [2.24, 2.45) is 0 Å². The molecular formula is C15H10Cl2N2O2S. The molecule has 0 bridgehead atoms. The van der Waals surface area contributed by atoms with E-state index in [1.165, 1.54) is 11.3 Å². The molecule has 0 aliphatic carbocycles. The van der Waals surface area contributed by atoms with Crippen molar-refractivity contribution in [1.29, 1.82) is 0 Å². The van der Waals surface area contributed by atoms with Gasteiger partial charge >= 0.3 is 0 Å². The van der Waals surface area contributed by atoms with E-state index < -0.39 is 0 Å². The van der Waals surface area contributed by atoms with Crippen LogP contribution in [0.15, 0.2) is 42.5 Å². The lowest BCUT2D eigenvalue weighted by atomic mass is 10.3. The van der Waals surface area contributed by atoms with Gasteiger partial charge in [-0.2, -0.15) is 0 Å². The Balaban J connectivity index is 1.64. The van der Waals surface area contributed by atoms with E-state index in [9.17, 15) is 4.79 Å². The summed E-state index contributed by atoms with van der Waals surface area (Å²) in [5, 5.41) is 4.30. The molecule has 7 heteroatoms. The maximum Gasteiger partial charge on any atom is 0.264 e. The summed E-state index contributed by atoms with van der Waals surface area (Å²) >= 11 is 13.2. The predicted molar refractivity (Wildman–Crippen MR) is 90.2 cm³/mol. The van der Waals surface area contributed by atoms with Crippen LogP contribution in [0.5, 0.6) is 5.75 Å². The Hall–Kier alpha value is -1.82. The number of thiazole rings is 1. The van der Waals surface area contributed by atoms with Crippen molar-refractivity contribution in [3.8, 4) is 5.75 Å². The SMILES string of the molecule is O=C(COc1ccccc1Cl)Nc1nc2ccc(Cl)cc2s1. The Kier molecular flexibility index (Phi) is 4.47. The second-order valence-electron chi connectivity index (χ2n) is 4.40. The Morgan fingerprint density at radius 3 is 2.86 bits per heavy atom. The fraction of sp³-hybridized carbons (Fsp3) is 0.0667. The highest BCUT2D eigenvalue weighted by Gasteiger charge is 2.09. The zero-order chi connectivity index (χ0) is 15.5. The highest BCUT2D eigenvalue weighted by Crippen LogP contribution is 2.28. The maximum atomic E-state index is 11.9. The number of halogens is 2. The van der Waals surface area contributed by atoms with Crippen LogP contribution in [0.3, 0.4) is 0 Å². The van der Waals surface area contributed by atoms with E-state index in [0.717, 1.165) is 10.2 Å². The van der Waals surface area contributed by atoms with Crippen molar-refractivity contribution in [2.75, 3.05) is 11.9 Å². The highest BCUT2D eigenvalue weighted by molar-refractivity contribution is 7.22. The van der Waals surface area contributed by atoms with E-state index in [-0.39, 0.29) is 12.5 Å². The fourth-order valence-corrected chi connectivity index (χ4v) is 3.16. The third kappa shape index (κ3) is 3.50. The van der Waals surface area contributed by atoms with Crippen molar-refractivity contribution in [2.45, 2.75) is 0 Å². The quantitative estimate of drug-likeness (QED) is 0.745. The lowest BCUT2D eigenvalue weighted by molar-refractivity contribution is -0.118. The summed E-state index contributed by atoms with van der Waals surface area (Å²) in [4.78, 5) is 16.2. The zero-order valence-corrected chi connectivity index (χ0v) is 13.5. The first-order valence-corrected chi connectivity index (χ1v) is 7.92. The van der Waals surface area contributed by atoms with Crippen LogP contribution in [0.4, 0.5) is 5.13 Å². The monoisotopic (exact) mass is 352 g/mol. The molecular weight excluding hydrogens is 343 g/mol. The minimum atomic E-state index is -0.301. The first kappa shape index (κ1) is 15.1. The lowest BCUT2D eigenvalue weighted by Gasteiger charge is -2.06. The predicted octanol–water partition coefficient (Wildman–Crippen LogP) is 4.62. The Morgan fingerprint density at radius 1 is 1.23 bits per heavy atom. The van der Waals surface area contributed by atoms with Crippen LogP contribution in [0, 0.1) is 0 Å². The van der Waals surface area contributed by atoms with E-state index >= 15 is 0 Å². The number of para-hydroxylation sites is 1. The normalized spacial score (nSPS) is 10.6. The molecule has 2 aromatic carbocycles. The number of aromatic nitrogens is 1. The molecule has 3 rings (SSSR count). The minimum Gasteiger partial charge on any atom is -0.482 e. The first-order chi connectivity index (χ1) is 10.6. The van der Waals surface area contributed by atoms with E-state index in [2.05, 4.69) is 10.3 Å². The zero-order valence-electron chi connectivity index (χ0n) is 11.2. The number of nitrogens with zero attached hydrogens (tertiary/aromatic N) is 1. The molecule has 0 aliphatic heterocycles. The molecule has 0 atom stereocenters. The third-order valence-electron chi connectivity index (χ3n) is 2.79. The number of benzene rings is 2. The van der Waals surface area contributed by atoms with Crippen LogP contribution in [0.25, 0.3) is 10.2 Å². The van der Waals surface area contributed by atoms with Crippen LogP contribution in [0.1, 0.15) is 0 Å². The molecule has 4 nitrogen and oxygen atoms in total. The van der Waals surface area contributed by atoms with E-state index in [4.69, 9.17) is 27.9 Å². The number of carbonyl (C=O) groups is 1. The molecule has 112 valence electrons. The van der Waals surface area contributed by atoms with Crippen LogP contribution in [-0.2, 0) is 4.79 Å². The van der Waals surface area contributed by atoms with Crippen LogP contribution in [-0.4, -0.2) is 17.5 Å². The molecule has 0 saturated carbocycles. The molecule has 0 unspecified atom stereocenters. The molecule has 0 spiro atoms. The van der Waals surface area contributed by atoms with Gasteiger partial charge in [0.25, 0.3) is 5.91 Å². The van der Waals surface area contributed by atoms with Crippen molar-refractivity contribution >= 4 is 55.8 Å². The summed E-state index contributed by atoms with van der Waals surface area (Å²) in [5.41, 5.74) is 0.789. The van der Waals surface area contributed by atoms with Gasteiger partial charge in [0.15, 0.2) is 11.7 Å². The topological polar surface area (TPSA) is 51.2 Å². The van der Waals surface area contributed by atoms with Gasteiger partial charge in [0.05, 0.1) is 15.2 Å². The molecule has 3 aromatic rings. The van der Waals surface area contributed by atoms with Crippen LogP contribution in [0.2, 0.25) is 10.0 Å². The van der Waals surface area contributed by atoms with Crippen LogP contribution >= 0.6 is 34.5 Å². The molecule has 0 radical (unpaired) electrons. The van der Waals surface area contributed by atoms with Gasteiger partial charge in [0, 0.05) is 5.02 Å². The molecule has 22 heavy (non-hydrogen) atoms. The van der Waals surface area contributed by atoms with Gasteiger partial charge in [-0.25, -0.2) is 4.98 Å². The number of hydrogen-bond donors (Lipinski definition) is 1. The van der Waals surface area contributed by atoms with Gasteiger partial charge in [-0.15, -0.1) is 0 Å². The van der Waals surface area contributed by atoms with Crippen molar-refractivity contribution in [1.82, 2.24) is 4.98 Å². The summed E-state index contributed by atoms with van der Waals surface area (Å²) in [6.45, 7) is -0.138. The largest absolute Gasteiger partial charge is 0.482 e. The smallest absolute Gasteiger partial charge is 0.264 e. The average Bonchev–Trinajstić information content (AvgIpc) is 2.87. The van der Waals surface area contributed by atoms with E-state index in [1.807, 2.05) is 12.1 Å². The molecule has 1 N–H and O–H groups in total. The average molecular weight is 353 g/mol. The van der Waals surface area contributed by atoms with Crippen LogP contribution < -0.4 is 10.1 Å². The third-order valence-corrected chi connectivity index (χ3v) is 4.27. The summed E-state index contributed by atoms with van der Waals surface area (Å²) < 4.78 is 6.29.